The van der Waals surface area contributed by atoms with Gasteiger partial charge in [0.1, 0.15) is 11.2 Å². The molecule has 0 fully saturated rings. The SMILES string of the molecule is c1ccc(-c2cccc(N(c3cccc(-c4cccc5ccccc45)c3)c3ccc4ccc5cc6oc7ccccc7c6cc5c4c3)c2)cc1. The Kier molecular flexibility index (Phi) is 6.53. The molecule has 0 saturated carbocycles. The molecule has 0 unspecified atom stereocenters. The number of hydrogen-bond donors (Lipinski definition) is 0. The second-order valence-corrected chi connectivity index (χ2v) is 13.0. The number of hydrogen-bond acceptors (Lipinski definition) is 2. The van der Waals surface area contributed by atoms with E-state index in [4.69, 9.17) is 4.42 Å². The fraction of sp³-hybridized carbons (Fsp3) is 0. The predicted octanol–water partition coefficient (Wildman–Crippen LogP) is 13.8. The van der Waals surface area contributed by atoms with Crippen molar-refractivity contribution in [1.82, 2.24) is 0 Å². The lowest BCUT2D eigenvalue weighted by atomic mass is 9.97. The molecule has 10 aromatic rings. The van der Waals surface area contributed by atoms with Crippen molar-refractivity contribution < 1.29 is 4.42 Å². The maximum absolute atomic E-state index is 6.26. The van der Waals surface area contributed by atoms with Gasteiger partial charge in [0, 0.05) is 27.8 Å². The van der Waals surface area contributed by atoms with Crippen molar-refractivity contribution in [3.05, 3.63) is 188 Å². The molecule has 0 amide bonds. The minimum Gasteiger partial charge on any atom is -0.456 e. The average molecular weight is 638 g/mol. The summed E-state index contributed by atoms with van der Waals surface area (Å²) < 4.78 is 6.26. The molecule has 0 spiro atoms. The maximum Gasteiger partial charge on any atom is 0.136 e. The molecule has 0 atom stereocenters. The van der Waals surface area contributed by atoms with E-state index in [1.807, 2.05) is 12.1 Å². The highest BCUT2D eigenvalue weighted by atomic mass is 16.3. The summed E-state index contributed by atoms with van der Waals surface area (Å²) in [6, 6.07) is 67.7. The molecule has 0 aliphatic heterocycles. The molecule has 234 valence electrons. The highest BCUT2D eigenvalue weighted by molar-refractivity contribution is 6.17. The largest absolute Gasteiger partial charge is 0.456 e. The summed E-state index contributed by atoms with van der Waals surface area (Å²) >= 11 is 0. The van der Waals surface area contributed by atoms with E-state index in [0.29, 0.717) is 0 Å². The van der Waals surface area contributed by atoms with E-state index in [1.54, 1.807) is 0 Å². The van der Waals surface area contributed by atoms with Crippen LogP contribution in [0.2, 0.25) is 0 Å². The molecule has 50 heavy (non-hydrogen) atoms. The number of nitrogens with zero attached hydrogens (tertiary/aromatic N) is 1. The molecule has 1 heterocycles. The summed E-state index contributed by atoms with van der Waals surface area (Å²) in [7, 11) is 0. The summed E-state index contributed by atoms with van der Waals surface area (Å²) in [5.74, 6) is 0. The van der Waals surface area contributed by atoms with Crippen LogP contribution in [0.5, 0.6) is 0 Å². The van der Waals surface area contributed by atoms with E-state index < -0.39 is 0 Å². The Morgan fingerprint density at radius 3 is 1.78 bits per heavy atom. The van der Waals surface area contributed by atoms with Crippen LogP contribution >= 0.6 is 0 Å². The fourth-order valence-electron chi connectivity index (χ4n) is 7.59. The first-order valence-electron chi connectivity index (χ1n) is 17.1. The monoisotopic (exact) mass is 637 g/mol. The van der Waals surface area contributed by atoms with Crippen molar-refractivity contribution >= 4 is 71.3 Å². The van der Waals surface area contributed by atoms with Crippen LogP contribution in [-0.2, 0) is 0 Å². The normalized spacial score (nSPS) is 11.6. The van der Waals surface area contributed by atoms with E-state index >= 15 is 0 Å². The van der Waals surface area contributed by atoms with Crippen LogP contribution in [0.3, 0.4) is 0 Å². The highest BCUT2D eigenvalue weighted by Crippen LogP contribution is 2.42. The number of benzene rings is 9. The Bertz CT molecular complexity index is 2880. The van der Waals surface area contributed by atoms with Crippen LogP contribution in [0.15, 0.2) is 192 Å². The Morgan fingerprint density at radius 2 is 0.900 bits per heavy atom. The average Bonchev–Trinajstić information content (AvgIpc) is 3.55. The minimum atomic E-state index is 0.915. The maximum atomic E-state index is 6.26. The van der Waals surface area contributed by atoms with Gasteiger partial charge in [-0.05, 0) is 109 Å². The summed E-state index contributed by atoms with van der Waals surface area (Å²) in [5, 5.41) is 9.56. The Morgan fingerprint density at radius 1 is 0.300 bits per heavy atom. The lowest BCUT2D eigenvalue weighted by Crippen LogP contribution is -2.10. The number of fused-ring (bicyclic) bond motifs is 7. The lowest BCUT2D eigenvalue weighted by molar-refractivity contribution is 0.669. The molecule has 9 aromatic carbocycles. The fourth-order valence-corrected chi connectivity index (χ4v) is 7.59. The molecule has 0 aliphatic rings. The van der Waals surface area contributed by atoms with Gasteiger partial charge in [0.15, 0.2) is 0 Å². The third-order valence-corrected chi connectivity index (χ3v) is 9.99. The third kappa shape index (κ3) is 4.73. The molecular formula is C48H31NO. The molecule has 10 rings (SSSR count). The van der Waals surface area contributed by atoms with E-state index in [0.717, 1.165) is 44.4 Å². The summed E-state index contributed by atoms with van der Waals surface area (Å²) in [6.07, 6.45) is 0. The molecule has 1 aromatic heterocycles. The van der Waals surface area contributed by atoms with Crippen molar-refractivity contribution in [3.63, 3.8) is 0 Å². The molecule has 0 bridgehead atoms. The van der Waals surface area contributed by atoms with Crippen LogP contribution < -0.4 is 4.90 Å². The van der Waals surface area contributed by atoms with Crippen LogP contribution in [0.1, 0.15) is 0 Å². The van der Waals surface area contributed by atoms with E-state index in [-0.39, 0.29) is 0 Å². The van der Waals surface area contributed by atoms with Crippen molar-refractivity contribution in [2.45, 2.75) is 0 Å². The van der Waals surface area contributed by atoms with Crippen LogP contribution in [0, 0.1) is 0 Å². The zero-order valence-electron chi connectivity index (χ0n) is 27.3. The first kappa shape index (κ1) is 28.4. The smallest absolute Gasteiger partial charge is 0.136 e. The zero-order valence-corrected chi connectivity index (χ0v) is 27.3. The number of anilines is 3. The van der Waals surface area contributed by atoms with E-state index in [9.17, 15) is 0 Å². The minimum absolute atomic E-state index is 0.915. The first-order valence-corrected chi connectivity index (χ1v) is 17.1. The summed E-state index contributed by atoms with van der Waals surface area (Å²) in [5.41, 5.74) is 9.92. The van der Waals surface area contributed by atoms with Crippen LogP contribution in [0.25, 0.3) is 76.5 Å². The molecular weight excluding hydrogens is 607 g/mol. The van der Waals surface area contributed by atoms with Gasteiger partial charge in [0.2, 0.25) is 0 Å². The molecule has 0 radical (unpaired) electrons. The first-order chi connectivity index (χ1) is 24.8. The quantitative estimate of drug-likeness (QED) is 0.175. The van der Waals surface area contributed by atoms with Gasteiger partial charge < -0.3 is 9.32 Å². The van der Waals surface area contributed by atoms with E-state index in [2.05, 4.69) is 181 Å². The Labute approximate surface area is 290 Å². The summed E-state index contributed by atoms with van der Waals surface area (Å²) in [4.78, 5) is 2.39. The number of rotatable bonds is 5. The van der Waals surface area contributed by atoms with Crippen molar-refractivity contribution in [2.24, 2.45) is 0 Å². The van der Waals surface area contributed by atoms with Gasteiger partial charge in [-0.15, -0.1) is 0 Å². The standard InChI is InChI=1S/C48H31NO/c1-2-11-32(12-3-1)35-15-8-17-38(27-35)49(39-18-9-16-36(28-39)42-21-10-14-33-13-4-5-19-41(33)42)40-26-25-34-23-24-37-29-48-46(31-45(37)44(34)30-40)43-20-6-7-22-47(43)50-48/h1-31H. The second-order valence-electron chi connectivity index (χ2n) is 13.0. The van der Waals surface area contributed by atoms with Gasteiger partial charge >= 0.3 is 0 Å². The van der Waals surface area contributed by atoms with Crippen molar-refractivity contribution in [2.75, 3.05) is 4.90 Å². The topological polar surface area (TPSA) is 16.4 Å². The molecule has 0 aliphatic carbocycles. The van der Waals surface area contributed by atoms with E-state index in [1.165, 1.54) is 49.2 Å². The molecule has 2 heteroatoms. The van der Waals surface area contributed by atoms with Gasteiger partial charge in [-0.2, -0.15) is 0 Å². The van der Waals surface area contributed by atoms with Gasteiger partial charge in [-0.3, -0.25) is 0 Å². The van der Waals surface area contributed by atoms with Crippen molar-refractivity contribution in [1.29, 1.82) is 0 Å². The van der Waals surface area contributed by atoms with Gasteiger partial charge in [-0.1, -0.05) is 133 Å². The number of furan rings is 1. The van der Waals surface area contributed by atoms with Gasteiger partial charge in [0.25, 0.3) is 0 Å². The highest BCUT2D eigenvalue weighted by Gasteiger charge is 2.17. The van der Waals surface area contributed by atoms with Crippen molar-refractivity contribution in [3.8, 4) is 22.3 Å². The molecule has 2 nitrogen and oxygen atoms in total. The third-order valence-electron chi connectivity index (χ3n) is 9.99. The lowest BCUT2D eigenvalue weighted by Gasteiger charge is -2.27. The van der Waals surface area contributed by atoms with Gasteiger partial charge in [-0.25, -0.2) is 0 Å². The van der Waals surface area contributed by atoms with Crippen LogP contribution in [-0.4, -0.2) is 0 Å². The Hall–Kier alpha value is -6.64. The predicted molar refractivity (Wildman–Crippen MR) is 212 cm³/mol. The Balaban J connectivity index is 1.20. The molecule has 0 N–H and O–H groups in total. The number of para-hydroxylation sites is 1. The second kappa shape index (κ2) is 11.5. The van der Waals surface area contributed by atoms with Crippen LogP contribution in [0.4, 0.5) is 17.1 Å². The molecule has 0 saturated heterocycles. The van der Waals surface area contributed by atoms with Gasteiger partial charge in [0.05, 0.1) is 0 Å². The zero-order chi connectivity index (χ0) is 33.0. The summed E-state index contributed by atoms with van der Waals surface area (Å²) in [6.45, 7) is 0.